The van der Waals surface area contributed by atoms with Crippen LogP contribution in [0.5, 0.6) is 0 Å². The molecule has 0 aliphatic carbocycles. The van der Waals surface area contributed by atoms with Crippen LogP contribution < -0.4 is 10.2 Å². The number of aliphatic imine (C=N–C) groups is 1. The van der Waals surface area contributed by atoms with Crippen molar-refractivity contribution >= 4 is 45.2 Å². The first-order valence-electron chi connectivity index (χ1n) is 8.53. The van der Waals surface area contributed by atoms with Crippen molar-refractivity contribution in [1.29, 1.82) is 0 Å². The fourth-order valence-corrected chi connectivity index (χ4v) is 4.73. The highest BCUT2D eigenvalue weighted by molar-refractivity contribution is 8.39. The molecule has 1 aromatic rings. The van der Waals surface area contributed by atoms with Crippen molar-refractivity contribution in [2.24, 2.45) is 4.99 Å². The molecule has 134 valence electrons. The van der Waals surface area contributed by atoms with Crippen molar-refractivity contribution in [1.82, 2.24) is 4.90 Å². The van der Waals surface area contributed by atoms with Gasteiger partial charge in [0.2, 0.25) is 5.91 Å². The summed E-state index contributed by atoms with van der Waals surface area (Å²) < 4.78 is 1.03. The van der Waals surface area contributed by atoms with Gasteiger partial charge in [0.1, 0.15) is 4.38 Å². The van der Waals surface area contributed by atoms with Gasteiger partial charge in [0, 0.05) is 38.5 Å². The zero-order valence-electron chi connectivity index (χ0n) is 14.3. The normalized spacial score (nSPS) is 18.1. The van der Waals surface area contributed by atoms with E-state index in [1.165, 1.54) is 11.8 Å². The van der Waals surface area contributed by atoms with Crippen molar-refractivity contribution < 1.29 is 4.79 Å². The molecule has 0 radical (unpaired) electrons. The van der Waals surface area contributed by atoms with E-state index in [0.717, 1.165) is 60.8 Å². The summed E-state index contributed by atoms with van der Waals surface area (Å²) >= 11 is 3.26. The quantitative estimate of drug-likeness (QED) is 0.774. The molecular formula is C18H24N4OS2. The molecule has 1 N–H and O–H groups in total. The molecule has 0 unspecified atom stereocenters. The molecule has 25 heavy (non-hydrogen) atoms. The summed E-state index contributed by atoms with van der Waals surface area (Å²) in [7, 11) is 0. The molecule has 0 aromatic heterocycles. The summed E-state index contributed by atoms with van der Waals surface area (Å²) in [4.78, 5) is 21.4. The minimum Gasteiger partial charge on any atom is -0.367 e. The van der Waals surface area contributed by atoms with Gasteiger partial charge in [-0.2, -0.15) is 0 Å². The van der Waals surface area contributed by atoms with E-state index in [4.69, 9.17) is 0 Å². The lowest BCUT2D eigenvalue weighted by Gasteiger charge is -2.36. The third-order valence-corrected chi connectivity index (χ3v) is 6.42. The predicted octanol–water partition coefficient (Wildman–Crippen LogP) is 2.77. The average Bonchev–Trinajstić information content (AvgIpc) is 3.15. The van der Waals surface area contributed by atoms with Gasteiger partial charge < -0.3 is 10.2 Å². The van der Waals surface area contributed by atoms with Crippen LogP contribution >= 0.6 is 23.5 Å². The van der Waals surface area contributed by atoms with Crippen molar-refractivity contribution in [3.8, 4) is 0 Å². The second-order valence-electron chi connectivity index (χ2n) is 5.93. The van der Waals surface area contributed by atoms with E-state index in [2.05, 4.69) is 32.8 Å². The zero-order chi connectivity index (χ0) is 17.5. The number of para-hydroxylation sites is 2. The van der Waals surface area contributed by atoms with E-state index >= 15 is 0 Å². The number of anilines is 2. The Kier molecular flexibility index (Phi) is 6.84. The first-order chi connectivity index (χ1) is 12.3. The van der Waals surface area contributed by atoms with E-state index in [1.54, 1.807) is 11.8 Å². The summed E-state index contributed by atoms with van der Waals surface area (Å²) in [5.41, 5.74) is 2.00. The largest absolute Gasteiger partial charge is 0.367 e. The summed E-state index contributed by atoms with van der Waals surface area (Å²) in [5, 5.41) is 3.07. The second-order valence-corrected chi connectivity index (χ2v) is 8.23. The highest BCUT2D eigenvalue weighted by Gasteiger charge is 2.19. The van der Waals surface area contributed by atoms with E-state index < -0.39 is 0 Å². The number of thioether (sulfide) groups is 2. The van der Waals surface area contributed by atoms with Crippen LogP contribution in [0.4, 0.5) is 11.4 Å². The highest BCUT2D eigenvalue weighted by Crippen LogP contribution is 2.27. The second kappa shape index (κ2) is 9.31. The molecule has 1 saturated heterocycles. The SMILES string of the molecule is C=CCN1CCN(c2ccccc2NC(=O)CSC2=NCCS2)CC1. The van der Waals surface area contributed by atoms with Crippen LogP contribution in [0, 0.1) is 0 Å². The topological polar surface area (TPSA) is 47.9 Å². The standard InChI is InChI=1S/C18H24N4OS2/c1-2-8-21-9-11-22(12-10-21)16-6-4-3-5-15(16)20-17(23)14-25-18-19-7-13-24-18/h2-6H,1,7-14H2,(H,20,23). The Bertz CT molecular complexity index is 642. The molecule has 0 spiro atoms. The lowest BCUT2D eigenvalue weighted by Crippen LogP contribution is -2.46. The molecule has 3 rings (SSSR count). The number of amides is 1. The van der Waals surface area contributed by atoms with Gasteiger partial charge >= 0.3 is 0 Å². The van der Waals surface area contributed by atoms with Crippen molar-refractivity contribution in [2.45, 2.75) is 0 Å². The minimum absolute atomic E-state index is 0.0259. The average molecular weight is 377 g/mol. The first-order valence-corrected chi connectivity index (χ1v) is 10.5. The smallest absolute Gasteiger partial charge is 0.234 e. The summed E-state index contributed by atoms with van der Waals surface area (Å²) in [6, 6.07) is 8.07. The van der Waals surface area contributed by atoms with Gasteiger partial charge in [-0.3, -0.25) is 14.7 Å². The molecule has 0 bridgehead atoms. The summed E-state index contributed by atoms with van der Waals surface area (Å²) in [5.74, 6) is 1.47. The van der Waals surface area contributed by atoms with Gasteiger partial charge in [-0.15, -0.1) is 6.58 Å². The van der Waals surface area contributed by atoms with Gasteiger partial charge in [-0.05, 0) is 12.1 Å². The van der Waals surface area contributed by atoms with Crippen LogP contribution in [0.15, 0.2) is 41.9 Å². The molecule has 5 nitrogen and oxygen atoms in total. The Balaban J connectivity index is 1.57. The first kappa shape index (κ1) is 18.4. The number of benzene rings is 1. The zero-order valence-corrected chi connectivity index (χ0v) is 16.0. The van der Waals surface area contributed by atoms with Crippen molar-refractivity contribution in [3.63, 3.8) is 0 Å². The Morgan fingerprint density at radius 3 is 2.84 bits per heavy atom. The number of hydrogen-bond acceptors (Lipinski definition) is 6. The van der Waals surface area contributed by atoms with Crippen LogP contribution in [-0.2, 0) is 4.79 Å². The maximum atomic E-state index is 12.3. The van der Waals surface area contributed by atoms with Crippen LogP contribution in [0.25, 0.3) is 0 Å². The Labute approximate surface area is 157 Å². The minimum atomic E-state index is 0.0259. The van der Waals surface area contributed by atoms with Crippen LogP contribution in [0.1, 0.15) is 0 Å². The summed E-state index contributed by atoms with van der Waals surface area (Å²) in [6.07, 6.45) is 1.95. The van der Waals surface area contributed by atoms with E-state index in [9.17, 15) is 4.79 Å². The van der Waals surface area contributed by atoms with E-state index in [0.29, 0.717) is 5.75 Å². The van der Waals surface area contributed by atoms with Gasteiger partial charge in [0.15, 0.2) is 0 Å². The molecule has 0 saturated carbocycles. The molecular weight excluding hydrogens is 352 g/mol. The molecule has 2 aliphatic rings. The van der Waals surface area contributed by atoms with Crippen LogP contribution in [0.2, 0.25) is 0 Å². The van der Waals surface area contributed by atoms with Gasteiger partial charge in [0.05, 0.1) is 23.7 Å². The lowest BCUT2D eigenvalue weighted by atomic mass is 10.2. The monoisotopic (exact) mass is 376 g/mol. The Morgan fingerprint density at radius 1 is 1.32 bits per heavy atom. The van der Waals surface area contributed by atoms with Crippen LogP contribution in [0.3, 0.4) is 0 Å². The van der Waals surface area contributed by atoms with Gasteiger partial charge in [-0.25, -0.2) is 0 Å². The fraction of sp³-hybridized carbons (Fsp3) is 0.444. The number of nitrogens with one attached hydrogen (secondary N) is 1. The number of piperazine rings is 1. The number of rotatable bonds is 6. The lowest BCUT2D eigenvalue weighted by molar-refractivity contribution is -0.113. The summed E-state index contributed by atoms with van der Waals surface area (Å²) in [6.45, 7) is 9.57. The van der Waals surface area contributed by atoms with Gasteiger partial charge in [0.25, 0.3) is 0 Å². The molecule has 0 atom stereocenters. The Hall–Kier alpha value is -1.44. The molecule has 1 amide bonds. The number of nitrogens with zero attached hydrogens (tertiary/aromatic N) is 3. The van der Waals surface area contributed by atoms with Crippen molar-refractivity contribution in [3.05, 3.63) is 36.9 Å². The van der Waals surface area contributed by atoms with Crippen LogP contribution in [-0.4, -0.2) is 66.0 Å². The number of carbonyl (C=O) groups is 1. The highest BCUT2D eigenvalue weighted by atomic mass is 32.2. The molecule has 2 aliphatic heterocycles. The fourth-order valence-electron chi connectivity index (χ4n) is 2.93. The molecule has 1 aromatic carbocycles. The molecule has 7 heteroatoms. The third-order valence-electron chi connectivity index (χ3n) is 4.16. The van der Waals surface area contributed by atoms with Gasteiger partial charge in [-0.1, -0.05) is 41.7 Å². The van der Waals surface area contributed by atoms with E-state index in [1.807, 2.05) is 24.3 Å². The van der Waals surface area contributed by atoms with Crippen molar-refractivity contribution in [2.75, 3.05) is 61.0 Å². The molecule has 2 heterocycles. The number of hydrogen-bond donors (Lipinski definition) is 1. The third kappa shape index (κ3) is 5.26. The van der Waals surface area contributed by atoms with E-state index in [-0.39, 0.29) is 5.91 Å². The maximum absolute atomic E-state index is 12.3. The predicted molar refractivity (Wildman–Crippen MR) is 111 cm³/mol. The molecule has 1 fully saturated rings. The Morgan fingerprint density at radius 2 is 2.12 bits per heavy atom. The maximum Gasteiger partial charge on any atom is 0.234 e. The number of carbonyl (C=O) groups excluding carboxylic acids is 1.